The van der Waals surface area contributed by atoms with Gasteiger partial charge in [-0.15, -0.1) is 0 Å². The fraction of sp³-hybridized carbons (Fsp3) is 0.364. The first-order valence-electron chi connectivity index (χ1n) is 10.1. The number of halogens is 2. The monoisotopic (exact) mass is 483 g/mol. The van der Waals surface area contributed by atoms with Gasteiger partial charge in [0.15, 0.2) is 0 Å². The quantitative estimate of drug-likeness (QED) is 0.562. The first kappa shape index (κ1) is 25.8. The molecule has 1 N–H and O–H groups in total. The summed E-state index contributed by atoms with van der Waals surface area (Å²) >= 11 is 5.82. The van der Waals surface area contributed by atoms with Crippen LogP contribution in [-0.2, 0) is 26.2 Å². The molecule has 174 valence electrons. The predicted molar refractivity (Wildman–Crippen MR) is 121 cm³/mol. The smallest absolute Gasteiger partial charge is 0.243 e. The second-order valence-electron chi connectivity index (χ2n) is 7.30. The van der Waals surface area contributed by atoms with Gasteiger partial charge in [0, 0.05) is 30.7 Å². The van der Waals surface area contributed by atoms with Crippen molar-refractivity contribution >= 4 is 33.4 Å². The van der Waals surface area contributed by atoms with Crippen molar-refractivity contribution in [3.8, 4) is 0 Å². The summed E-state index contributed by atoms with van der Waals surface area (Å²) in [6.07, 6.45) is 0.710. The maximum absolute atomic E-state index is 14.2. The van der Waals surface area contributed by atoms with Gasteiger partial charge in [0.05, 0.1) is 11.4 Å². The molecule has 0 unspecified atom stereocenters. The van der Waals surface area contributed by atoms with E-state index in [9.17, 15) is 22.4 Å². The number of hydrogen-bond donors (Lipinski definition) is 1. The van der Waals surface area contributed by atoms with Crippen molar-refractivity contribution in [1.82, 2.24) is 14.5 Å². The summed E-state index contributed by atoms with van der Waals surface area (Å²) in [4.78, 5) is 26.8. The molecule has 2 amide bonds. The maximum atomic E-state index is 14.2. The molecule has 0 heterocycles. The zero-order valence-electron chi connectivity index (χ0n) is 18.2. The van der Waals surface area contributed by atoms with Gasteiger partial charge < -0.3 is 10.2 Å². The van der Waals surface area contributed by atoms with Crippen molar-refractivity contribution in [2.45, 2.75) is 37.8 Å². The third-order valence-electron chi connectivity index (χ3n) is 4.89. The van der Waals surface area contributed by atoms with Crippen molar-refractivity contribution in [3.63, 3.8) is 0 Å². The Morgan fingerprint density at radius 1 is 1.12 bits per heavy atom. The van der Waals surface area contributed by atoms with Crippen LogP contribution in [-0.4, -0.2) is 55.6 Å². The summed E-state index contributed by atoms with van der Waals surface area (Å²) in [5.41, 5.74) is 0.221. The van der Waals surface area contributed by atoms with Crippen LogP contribution in [0.1, 0.15) is 25.8 Å². The van der Waals surface area contributed by atoms with Crippen LogP contribution in [0.25, 0.3) is 0 Å². The molecule has 10 heteroatoms. The zero-order valence-corrected chi connectivity index (χ0v) is 19.8. The van der Waals surface area contributed by atoms with E-state index in [0.717, 1.165) is 4.31 Å². The van der Waals surface area contributed by atoms with Gasteiger partial charge in [0.1, 0.15) is 11.9 Å². The molecule has 0 aromatic heterocycles. The van der Waals surface area contributed by atoms with Crippen LogP contribution in [0.5, 0.6) is 0 Å². The molecule has 0 bridgehead atoms. The lowest BCUT2D eigenvalue weighted by Crippen LogP contribution is -2.50. The van der Waals surface area contributed by atoms with Crippen LogP contribution in [0, 0.1) is 5.82 Å². The largest absolute Gasteiger partial charge is 0.354 e. The summed E-state index contributed by atoms with van der Waals surface area (Å²) in [7, 11) is -2.70. The highest BCUT2D eigenvalue weighted by atomic mass is 35.5. The summed E-state index contributed by atoms with van der Waals surface area (Å²) < 4.78 is 40.8. The van der Waals surface area contributed by atoms with E-state index in [1.807, 2.05) is 6.92 Å². The van der Waals surface area contributed by atoms with Crippen molar-refractivity contribution in [2.75, 3.05) is 20.1 Å². The standard InChI is InChI=1S/C22H27ClFN3O4S/c1-4-13-25-22(29)16(2)27(14-17-7-5-6-8-20(17)24)21(28)15-26(3)32(30,31)19-11-9-18(23)10-12-19/h5-12,16H,4,13-15H2,1-3H3,(H,25,29)/t16-/m0/s1. The molecule has 0 radical (unpaired) electrons. The highest BCUT2D eigenvalue weighted by Crippen LogP contribution is 2.19. The number of sulfonamides is 1. The fourth-order valence-corrected chi connectivity index (χ4v) is 4.19. The lowest BCUT2D eigenvalue weighted by molar-refractivity contribution is -0.140. The molecular formula is C22H27ClFN3O4S. The molecule has 0 aliphatic rings. The van der Waals surface area contributed by atoms with E-state index in [1.54, 1.807) is 6.07 Å². The molecule has 0 saturated carbocycles. The van der Waals surface area contributed by atoms with Gasteiger partial charge in [-0.05, 0) is 43.7 Å². The first-order chi connectivity index (χ1) is 15.1. The lowest BCUT2D eigenvalue weighted by Gasteiger charge is -2.30. The molecule has 2 rings (SSSR count). The third-order valence-corrected chi connectivity index (χ3v) is 6.96. The van der Waals surface area contributed by atoms with E-state index >= 15 is 0 Å². The van der Waals surface area contributed by atoms with Crippen LogP contribution in [0.2, 0.25) is 5.02 Å². The molecule has 7 nitrogen and oxygen atoms in total. The van der Waals surface area contributed by atoms with Gasteiger partial charge in [-0.2, -0.15) is 4.31 Å². The average molecular weight is 484 g/mol. The van der Waals surface area contributed by atoms with Gasteiger partial charge in [0.2, 0.25) is 21.8 Å². The minimum absolute atomic E-state index is 0.0217. The average Bonchev–Trinajstić information content (AvgIpc) is 2.76. The highest BCUT2D eigenvalue weighted by molar-refractivity contribution is 7.89. The van der Waals surface area contributed by atoms with E-state index in [4.69, 9.17) is 11.6 Å². The van der Waals surface area contributed by atoms with Gasteiger partial charge in [-0.25, -0.2) is 12.8 Å². The van der Waals surface area contributed by atoms with Crippen LogP contribution >= 0.6 is 11.6 Å². The van der Waals surface area contributed by atoms with Gasteiger partial charge in [0.25, 0.3) is 0 Å². The Morgan fingerprint density at radius 2 is 1.75 bits per heavy atom. The molecule has 32 heavy (non-hydrogen) atoms. The normalized spacial score (nSPS) is 12.4. The number of nitrogens with one attached hydrogen (secondary N) is 1. The van der Waals surface area contributed by atoms with E-state index in [2.05, 4.69) is 5.32 Å². The van der Waals surface area contributed by atoms with Gasteiger partial charge in [-0.1, -0.05) is 36.7 Å². The molecule has 0 fully saturated rings. The van der Waals surface area contributed by atoms with E-state index in [-0.39, 0.29) is 17.0 Å². The lowest BCUT2D eigenvalue weighted by atomic mass is 10.1. The SMILES string of the molecule is CCCNC(=O)[C@H](C)N(Cc1ccccc1F)C(=O)CN(C)S(=O)(=O)c1ccc(Cl)cc1. The summed E-state index contributed by atoms with van der Waals surface area (Å²) in [6, 6.07) is 10.6. The Kier molecular flexibility index (Phi) is 9.18. The van der Waals surface area contributed by atoms with E-state index in [0.29, 0.717) is 18.0 Å². The molecule has 0 aliphatic carbocycles. The molecule has 0 spiro atoms. The third kappa shape index (κ3) is 6.51. The summed E-state index contributed by atoms with van der Waals surface area (Å²) in [5.74, 6) is -1.55. The maximum Gasteiger partial charge on any atom is 0.243 e. The second-order valence-corrected chi connectivity index (χ2v) is 9.78. The topological polar surface area (TPSA) is 86.8 Å². The van der Waals surface area contributed by atoms with Gasteiger partial charge >= 0.3 is 0 Å². The van der Waals surface area contributed by atoms with Crippen LogP contribution < -0.4 is 5.32 Å². The van der Waals surface area contributed by atoms with Crippen LogP contribution in [0.4, 0.5) is 4.39 Å². The number of likely N-dealkylation sites (N-methyl/N-ethyl adjacent to an activating group) is 1. The summed E-state index contributed by atoms with van der Waals surface area (Å²) in [5, 5.41) is 3.09. The van der Waals surface area contributed by atoms with Crippen molar-refractivity contribution in [3.05, 3.63) is 64.9 Å². The minimum Gasteiger partial charge on any atom is -0.354 e. The van der Waals surface area contributed by atoms with Crippen molar-refractivity contribution in [2.24, 2.45) is 0 Å². The number of hydrogen-bond acceptors (Lipinski definition) is 4. The van der Waals surface area contributed by atoms with Crippen LogP contribution in [0.3, 0.4) is 0 Å². The Hall–Kier alpha value is -2.49. The molecule has 0 aliphatic heterocycles. The van der Waals surface area contributed by atoms with Crippen molar-refractivity contribution < 1.29 is 22.4 Å². The minimum atomic E-state index is -3.97. The number of carbonyl (C=O) groups excluding carboxylic acids is 2. The molecular weight excluding hydrogens is 457 g/mol. The van der Waals surface area contributed by atoms with Crippen LogP contribution in [0.15, 0.2) is 53.4 Å². The number of rotatable bonds is 10. The summed E-state index contributed by atoms with van der Waals surface area (Å²) in [6.45, 7) is 3.14. The number of carbonyl (C=O) groups is 2. The van der Waals surface area contributed by atoms with Crippen molar-refractivity contribution in [1.29, 1.82) is 0 Å². The predicted octanol–water partition coefficient (Wildman–Crippen LogP) is 3.04. The second kappa shape index (κ2) is 11.4. The zero-order chi connectivity index (χ0) is 23.9. The number of nitrogens with zero attached hydrogens (tertiary/aromatic N) is 2. The van der Waals surface area contributed by atoms with Gasteiger partial charge in [-0.3, -0.25) is 9.59 Å². The molecule has 1 atom stereocenters. The number of amides is 2. The number of benzene rings is 2. The van der Waals surface area contributed by atoms with E-state index < -0.39 is 40.2 Å². The Bertz CT molecular complexity index is 1050. The Morgan fingerprint density at radius 3 is 2.34 bits per heavy atom. The van der Waals surface area contributed by atoms with E-state index in [1.165, 1.54) is 61.3 Å². The molecule has 0 saturated heterocycles. The first-order valence-corrected chi connectivity index (χ1v) is 11.9. The Balaban J connectivity index is 2.27. The highest BCUT2D eigenvalue weighted by Gasteiger charge is 2.30. The fourth-order valence-electron chi connectivity index (χ4n) is 2.94. The Labute approximate surface area is 193 Å². The molecule has 2 aromatic carbocycles. The molecule has 2 aromatic rings.